The van der Waals surface area contributed by atoms with Crippen molar-refractivity contribution < 1.29 is 27.1 Å². The Kier molecular flexibility index (Phi) is 5.53. The highest BCUT2D eigenvalue weighted by Gasteiger charge is 2.31. The van der Waals surface area contributed by atoms with Gasteiger partial charge in [0, 0.05) is 31.9 Å². The minimum absolute atomic E-state index is 0.00783. The van der Waals surface area contributed by atoms with Gasteiger partial charge in [0.25, 0.3) is 5.91 Å². The van der Waals surface area contributed by atoms with E-state index in [-0.39, 0.29) is 18.3 Å². The van der Waals surface area contributed by atoms with Gasteiger partial charge in [-0.15, -0.1) is 0 Å². The number of rotatable bonds is 4. The van der Waals surface area contributed by atoms with E-state index < -0.39 is 17.6 Å². The summed E-state index contributed by atoms with van der Waals surface area (Å²) in [4.78, 5) is 15.6. The van der Waals surface area contributed by atoms with Gasteiger partial charge in [-0.2, -0.15) is 13.2 Å². The van der Waals surface area contributed by atoms with E-state index >= 15 is 0 Å². The molecule has 3 rings (SSSR count). The summed E-state index contributed by atoms with van der Waals surface area (Å²) < 4.78 is 57.2. The van der Waals surface area contributed by atoms with Crippen LogP contribution in [0.15, 0.2) is 48.5 Å². The molecule has 1 saturated heterocycles. The normalized spacial score (nSPS) is 15.0. The molecule has 8 heteroatoms. The zero-order chi connectivity index (χ0) is 19.4. The number of carbonyl (C=O) groups is 1. The fourth-order valence-corrected chi connectivity index (χ4v) is 2.89. The predicted molar refractivity (Wildman–Crippen MR) is 92.1 cm³/mol. The Morgan fingerprint density at radius 1 is 1.00 bits per heavy atom. The van der Waals surface area contributed by atoms with Crippen molar-refractivity contribution in [2.75, 3.05) is 37.7 Å². The van der Waals surface area contributed by atoms with Gasteiger partial charge in [-0.3, -0.25) is 4.79 Å². The lowest BCUT2D eigenvalue weighted by Crippen LogP contribution is -2.50. The van der Waals surface area contributed by atoms with Crippen LogP contribution in [0.3, 0.4) is 0 Å². The second-order valence-corrected chi connectivity index (χ2v) is 6.14. The first kappa shape index (κ1) is 19.0. The number of hydrogen-bond acceptors (Lipinski definition) is 3. The lowest BCUT2D eigenvalue weighted by atomic mass is 10.1. The van der Waals surface area contributed by atoms with Gasteiger partial charge >= 0.3 is 6.18 Å². The zero-order valence-corrected chi connectivity index (χ0v) is 14.4. The van der Waals surface area contributed by atoms with Crippen LogP contribution in [0.1, 0.15) is 5.56 Å². The zero-order valence-electron chi connectivity index (χ0n) is 14.4. The number of alkyl halides is 3. The van der Waals surface area contributed by atoms with E-state index in [0.717, 1.165) is 12.1 Å². The van der Waals surface area contributed by atoms with Gasteiger partial charge in [-0.05, 0) is 30.3 Å². The van der Waals surface area contributed by atoms with Crippen molar-refractivity contribution in [2.24, 2.45) is 0 Å². The van der Waals surface area contributed by atoms with E-state index in [0.29, 0.717) is 31.9 Å². The van der Waals surface area contributed by atoms with Crippen molar-refractivity contribution in [1.29, 1.82) is 0 Å². The molecule has 0 aromatic heterocycles. The lowest BCUT2D eigenvalue weighted by molar-refractivity contribution is -0.137. The van der Waals surface area contributed by atoms with Gasteiger partial charge in [0.05, 0.1) is 5.56 Å². The summed E-state index contributed by atoms with van der Waals surface area (Å²) in [6.45, 7) is 1.25. The van der Waals surface area contributed by atoms with Crippen molar-refractivity contribution in [2.45, 2.75) is 6.18 Å². The van der Waals surface area contributed by atoms with Crippen LogP contribution in [-0.2, 0) is 11.0 Å². The van der Waals surface area contributed by atoms with Crippen LogP contribution in [-0.4, -0.2) is 43.6 Å². The first-order chi connectivity index (χ1) is 12.8. The molecule has 1 fully saturated rings. The van der Waals surface area contributed by atoms with E-state index in [4.69, 9.17) is 4.74 Å². The predicted octanol–water partition coefficient (Wildman–Crippen LogP) is 3.57. The minimum atomic E-state index is -4.39. The molecule has 2 aromatic carbocycles. The highest BCUT2D eigenvalue weighted by molar-refractivity contribution is 5.78. The first-order valence-electron chi connectivity index (χ1n) is 8.42. The average molecular weight is 382 g/mol. The number of halogens is 4. The highest BCUT2D eigenvalue weighted by atomic mass is 19.4. The van der Waals surface area contributed by atoms with Crippen LogP contribution < -0.4 is 9.64 Å². The fraction of sp³-hybridized carbons (Fsp3) is 0.316. The second-order valence-electron chi connectivity index (χ2n) is 6.14. The molecule has 0 radical (unpaired) electrons. The third kappa shape index (κ3) is 4.69. The molecule has 0 unspecified atom stereocenters. The standard InChI is InChI=1S/C19H18F4N2O2/c20-16-6-1-2-7-17(16)27-13-18(26)25-10-8-24(9-11-25)15-5-3-4-14(12-15)19(21,22)23/h1-7,12H,8-11,13H2. The van der Waals surface area contributed by atoms with Crippen molar-refractivity contribution in [3.63, 3.8) is 0 Å². The highest BCUT2D eigenvalue weighted by Crippen LogP contribution is 2.31. The van der Waals surface area contributed by atoms with Gasteiger partial charge in [-0.25, -0.2) is 4.39 Å². The molecular formula is C19H18F4N2O2. The Bertz CT molecular complexity index is 802. The van der Waals surface area contributed by atoms with Crippen LogP contribution in [0, 0.1) is 5.82 Å². The van der Waals surface area contributed by atoms with Crippen LogP contribution in [0.25, 0.3) is 0 Å². The van der Waals surface area contributed by atoms with Crippen molar-refractivity contribution in [3.05, 3.63) is 59.9 Å². The molecule has 0 bridgehead atoms. The van der Waals surface area contributed by atoms with E-state index in [1.807, 2.05) is 0 Å². The summed E-state index contributed by atoms with van der Waals surface area (Å²) in [6, 6.07) is 10.9. The third-order valence-corrected chi connectivity index (χ3v) is 4.36. The third-order valence-electron chi connectivity index (χ3n) is 4.36. The number of carbonyl (C=O) groups excluding carboxylic acids is 1. The topological polar surface area (TPSA) is 32.8 Å². The number of benzene rings is 2. The van der Waals surface area contributed by atoms with Gasteiger partial charge in [0.2, 0.25) is 0 Å². The number of piperazine rings is 1. The summed E-state index contributed by atoms with van der Waals surface area (Å²) in [5.41, 5.74) is -0.226. The SMILES string of the molecule is O=C(COc1ccccc1F)N1CCN(c2cccc(C(F)(F)F)c2)CC1. The van der Waals surface area contributed by atoms with Crippen LogP contribution in [0.4, 0.5) is 23.2 Å². The fourth-order valence-electron chi connectivity index (χ4n) is 2.89. The molecule has 0 saturated carbocycles. The number of amides is 1. The molecular weight excluding hydrogens is 364 g/mol. The van der Waals surface area contributed by atoms with Gasteiger partial charge in [0.1, 0.15) is 0 Å². The van der Waals surface area contributed by atoms with Crippen molar-refractivity contribution >= 4 is 11.6 Å². The Morgan fingerprint density at radius 3 is 2.37 bits per heavy atom. The van der Waals surface area contributed by atoms with Crippen LogP contribution in [0.2, 0.25) is 0 Å². The van der Waals surface area contributed by atoms with Gasteiger partial charge in [0.15, 0.2) is 18.2 Å². The van der Waals surface area contributed by atoms with E-state index in [2.05, 4.69) is 0 Å². The molecule has 27 heavy (non-hydrogen) atoms. The van der Waals surface area contributed by atoms with E-state index in [1.165, 1.54) is 24.3 Å². The monoisotopic (exact) mass is 382 g/mol. The summed E-state index contributed by atoms with van der Waals surface area (Å²) >= 11 is 0. The number of anilines is 1. The molecule has 1 aliphatic heterocycles. The van der Waals surface area contributed by atoms with E-state index in [1.54, 1.807) is 21.9 Å². The Hall–Kier alpha value is -2.77. The average Bonchev–Trinajstić information content (AvgIpc) is 2.67. The van der Waals surface area contributed by atoms with E-state index in [9.17, 15) is 22.4 Å². The quantitative estimate of drug-likeness (QED) is 0.758. The molecule has 1 aliphatic rings. The number of para-hydroxylation sites is 1. The molecule has 4 nitrogen and oxygen atoms in total. The maximum Gasteiger partial charge on any atom is 0.416 e. The molecule has 0 spiro atoms. The lowest BCUT2D eigenvalue weighted by Gasteiger charge is -2.36. The summed E-state index contributed by atoms with van der Waals surface area (Å²) in [6.07, 6.45) is -4.39. The van der Waals surface area contributed by atoms with Crippen LogP contribution >= 0.6 is 0 Å². The molecule has 1 amide bonds. The van der Waals surface area contributed by atoms with Crippen molar-refractivity contribution in [3.8, 4) is 5.75 Å². The maximum atomic E-state index is 13.5. The Morgan fingerprint density at radius 2 is 1.70 bits per heavy atom. The molecule has 1 heterocycles. The number of nitrogens with zero attached hydrogens (tertiary/aromatic N) is 2. The second kappa shape index (κ2) is 7.85. The maximum absolute atomic E-state index is 13.5. The molecule has 0 atom stereocenters. The first-order valence-corrected chi connectivity index (χ1v) is 8.42. The Labute approximate surface area is 153 Å². The van der Waals surface area contributed by atoms with Gasteiger partial charge in [-0.1, -0.05) is 18.2 Å². The smallest absolute Gasteiger partial charge is 0.416 e. The number of ether oxygens (including phenoxy) is 1. The number of hydrogen-bond donors (Lipinski definition) is 0. The largest absolute Gasteiger partial charge is 0.481 e. The molecule has 0 aliphatic carbocycles. The molecule has 2 aromatic rings. The van der Waals surface area contributed by atoms with Crippen LogP contribution in [0.5, 0.6) is 5.75 Å². The summed E-state index contributed by atoms with van der Waals surface area (Å²) in [5, 5.41) is 0. The summed E-state index contributed by atoms with van der Waals surface area (Å²) in [7, 11) is 0. The van der Waals surface area contributed by atoms with Gasteiger partial charge < -0.3 is 14.5 Å². The summed E-state index contributed by atoms with van der Waals surface area (Å²) in [5.74, 6) is -0.824. The molecule has 0 N–H and O–H groups in total. The molecule has 144 valence electrons. The van der Waals surface area contributed by atoms with Crippen molar-refractivity contribution in [1.82, 2.24) is 4.90 Å². The minimum Gasteiger partial charge on any atom is -0.481 e. The Balaban J connectivity index is 1.54.